The first-order valence-corrected chi connectivity index (χ1v) is 6.05. The molecule has 0 aliphatic rings. The van der Waals surface area contributed by atoms with Crippen molar-refractivity contribution < 1.29 is 9.90 Å². The van der Waals surface area contributed by atoms with Crippen LogP contribution in [0.3, 0.4) is 0 Å². The molecule has 0 saturated carbocycles. The second-order valence-electron chi connectivity index (χ2n) is 3.68. The van der Waals surface area contributed by atoms with E-state index in [1.807, 2.05) is 37.3 Å². The van der Waals surface area contributed by atoms with Crippen molar-refractivity contribution in [3.63, 3.8) is 0 Å². The first-order valence-electron chi connectivity index (χ1n) is 5.23. The van der Waals surface area contributed by atoms with E-state index in [1.54, 1.807) is 29.5 Å². The molecule has 0 unspecified atom stereocenters. The Morgan fingerprint density at radius 3 is 2.41 bits per heavy atom. The average molecular weight is 244 g/mol. The predicted molar refractivity (Wildman–Crippen MR) is 71.0 cm³/mol. The van der Waals surface area contributed by atoms with Gasteiger partial charge < -0.3 is 5.11 Å². The van der Waals surface area contributed by atoms with E-state index in [4.69, 9.17) is 0 Å². The van der Waals surface area contributed by atoms with Crippen molar-refractivity contribution in [2.75, 3.05) is 0 Å². The molecule has 1 N–H and O–H groups in total. The molecule has 0 aliphatic heterocycles. The van der Waals surface area contributed by atoms with Crippen molar-refractivity contribution in [1.29, 1.82) is 0 Å². The molecule has 0 fully saturated rings. The Bertz CT molecular complexity index is 553. The molecule has 2 rings (SSSR count). The third-order valence-corrected chi connectivity index (χ3v) is 3.31. The second-order valence-corrected chi connectivity index (χ2v) is 5.00. The topological polar surface area (TPSA) is 37.3 Å². The van der Waals surface area contributed by atoms with Gasteiger partial charge in [0.2, 0.25) is 0 Å². The summed E-state index contributed by atoms with van der Waals surface area (Å²) in [6.45, 7) is 2.00. The van der Waals surface area contributed by atoms with E-state index >= 15 is 0 Å². The lowest BCUT2D eigenvalue weighted by Crippen LogP contribution is -1.98. The average Bonchev–Trinajstić information content (AvgIpc) is 2.73. The summed E-state index contributed by atoms with van der Waals surface area (Å²) in [5, 5.41) is 9.23. The van der Waals surface area contributed by atoms with E-state index in [-0.39, 0.29) is 0 Å². The summed E-state index contributed by atoms with van der Waals surface area (Å²) in [6.07, 6.45) is 1.72. The van der Waals surface area contributed by atoms with Crippen LogP contribution in [0.15, 0.2) is 42.5 Å². The van der Waals surface area contributed by atoms with Gasteiger partial charge in [-0.25, -0.2) is 4.79 Å². The normalized spacial score (nSPS) is 11.5. The molecule has 0 atom stereocenters. The summed E-state index contributed by atoms with van der Waals surface area (Å²) < 4.78 is 0. The third kappa shape index (κ3) is 2.82. The lowest BCUT2D eigenvalue weighted by Gasteiger charge is -2.01. The molecule has 1 aromatic carbocycles. The molecule has 86 valence electrons. The van der Waals surface area contributed by atoms with Crippen LogP contribution in [-0.4, -0.2) is 11.1 Å². The van der Waals surface area contributed by atoms with Crippen LogP contribution in [0.1, 0.15) is 15.3 Å². The Labute approximate surface area is 104 Å². The fourth-order valence-corrected chi connectivity index (χ4v) is 2.38. The minimum atomic E-state index is -0.901. The van der Waals surface area contributed by atoms with Gasteiger partial charge in [0.05, 0.1) is 5.57 Å². The van der Waals surface area contributed by atoms with Gasteiger partial charge in [0.15, 0.2) is 0 Å². The van der Waals surface area contributed by atoms with Gasteiger partial charge in [-0.05, 0) is 30.7 Å². The summed E-state index contributed by atoms with van der Waals surface area (Å²) >= 11 is 1.59. The summed E-state index contributed by atoms with van der Waals surface area (Å²) in [5.41, 5.74) is 1.05. The largest absolute Gasteiger partial charge is 0.478 e. The van der Waals surface area contributed by atoms with Gasteiger partial charge in [-0.3, -0.25) is 0 Å². The van der Waals surface area contributed by atoms with Crippen LogP contribution in [-0.2, 0) is 4.79 Å². The molecular formula is C14H12O2S. The highest BCUT2D eigenvalue weighted by Crippen LogP contribution is 2.23. The Kier molecular flexibility index (Phi) is 3.40. The van der Waals surface area contributed by atoms with E-state index < -0.39 is 5.97 Å². The van der Waals surface area contributed by atoms with Crippen molar-refractivity contribution in [2.24, 2.45) is 0 Å². The highest BCUT2D eigenvalue weighted by molar-refractivity contribution is 7.12. The van der Waals surface area contributed by atoms with E-state index in [9.17, 15) is 9.90 Å². The number of benzene rings is 1. The minimum absolute atomic E-state index is 0.326. The summed E-state index contributed by atoms with van der Waals surface area (Å²) in [6, 6.07) is 13.1. The highest BCUT2D eigenvalue weighted by atomic mass is 32.1. The monoisotopic (exact) mass is 244 g/mol. The van der Waals surface area contributed by atoms with Crippen molar-refractivity contribution in [2.45, 2.75) is 6.92 Å². The molecule has 2 aromatic rings. The molecule has 0 amide bonds. The Morgan fingerprint density at radius 1 is 1.18 bits per heavy atom. The molecule has 3 heteroatoms. The quantitative estimate of drug-likeness (QED) is 0.836. The molecule has 17 heavy (non-hydrogen) atoms. The molecule has 0 bridgehead atoms. The van der Waals surface area contributed by atoms with Gasteiger partial charge in [-0.2, -0.15) is 0 Å². The maximum absolute atomic E-state index is 11.2. The summed E-state index contributed by atoms with van der Waals surface area (Å²) in [4.78, 5) is 13.4. The van der Waals surface area contributed by atoms with Gasteiger partial charge in [-0.15, -0.1) is 11.3 Å². The number of rotatable bonds is 3. The maximum Gasteiger partial charge on any atom is 0.336 e. The molecule has 0 spiro atoms. The third-order valence-electron chi connectivity index (χ3n) is 2.36. The number of aliphatic carboxylic acids is 1. The van der Waals surface area contributed by atoms with Crippen molar-refractivity contribution in [3.8, 4) is 0 Å². The molecule has 0 saturated heterocycles. The molecule has 1 aromatic heterocycles. The van der Waals surface area contributed by atoms with E-state index in [2.05, 4.69) is 0 Å². The molecule has 1 heterocycles. The molecular weight excluding hydrogens is 232 g/mol. The lowest BCUT2D eigenvalue weighted by atomic mass is 10.1. The molecule has 0 aliphatic carbocycles. The maximum atomic E-state index is 11.2. The fourth-order valence-electron chi connectivity index (χ4n) is 1.56. The number of carbonyl (C=O) groups is 1. The van der Waals surface area contributed by atoms with Crippen LogP contribution in [0.4, 0.5) is 0 Å². The number of hydrogen-bond acceptors (Lipinski definition) is 2. The van der Waals surface area contributed by atoms with Gasteiger partial charge in [-0.1, -0.05) is 30.3 Å². The lowest BCUT2D eigenvalue weighted by molar-refractivity contribution is -0.130. The van der Waals surface area contributed by atoms with E-state index in [0.717, 1.165) is 10.4 Å². The van der Waals surface area contributed by atoms with Crippen LogP contribution in [0, 0.1) is 6.92 Å². The van der Waals surface area contributed by atoms with Gasteiger partial charge >= 0.3 is 5.97 Å². The zero-order valence-corrected chi connectivity index (χ0v) is 10.2. The van der Waals surface area contributed by atoms with Crippen molar-refractivity contribution >= 4 is 29.0 Å². The first-order chi connectivity index (χ1) is 8.16. The number of hydrogen-bond donors (Lipinski definition) is 1. The Balaban J connectivity index is 2.43. The van der Waals surface area contributed by atoms with Crippen LogP contribution in [0.5, 0.6) is 0 Å². The predicted octanol–water partition coefficient (Wildman–Crippen LogP) is 3.68. The Morgan fingerprint density at radius 2 is 1.88 bits per heavy atom. The summed E-state index contributed by atoms with van der Waals surface area (Å²) in [7, 11) is 0. The van der Waals surface area contributed by atoms with E-state index in [0.29, 0.717) is 5.57 Å². The highest BCUT2D eigenvalue weighted by Gasteiger charge is 2.10. The zero-order chi connectivity index (χ0) is 12.3. The van der Waals surface area contributed by atoms with Crippen LogP contribution >= 0.6 is 11.3 Å². The molecule has 0 radical (unpaired) electrons. The minimum Gasteiger partial charge on any atom is -0.478 e. The van der Waals surface area contributed by atoms with Crippen LogP contribution in [0.2, 0.25) is 0 Å². The van der Waals surface area contributed by atoms with Gasteiger partial charge in [0, 0.05) is 9.75 Å². The Hall–Kier alpha value is -1.87. The van der Waals surface area contributed by atoms with Gasteiger partial charge in [0.1, 0.15) is 0 Å². The smallest absolute Gasteiger partial charge is 0.336 e. The molecule has 2 nitrogen and oxygen atoms in total. The number of carboxylic acids is 1. The first kappa shape index (κ1) is 11.6. The number of thiophene rings is 1. The second kappa shape index (κ2) is 4.97. The standard InChI is InChI=1S/C14H12O2S/c1-10-7-8-12(17-10)9-13(14(15)16)11-5-3-2-4-6-11/h2-9H,1H3,(H,15,16)/b13-9+. The number of carboxylic acid groups (broad SMARTS) is 1. The summed E-state index contributed by atoms with van der Waals surface area (Å²) in [5.74, 6) is -0.901. The van der Waals surface area contributed by atoms with Crippen LogP contribution in [0.25, 0.3) is 11.6 Å². The van der Waals surface area contributed by atoms with E-state index in [1.165, 1.54) is 4.88 Å². The SMILES string of the molecule is Cc1ccc(/C=C(/C(=O)O)c2ccccc2)s1. The fraction of sp³-hybridized carbons (Fsp3) is 0.0714. The van der Waals surface area contributed by atoms with Gasteiger partial charge in [0.25, 0.3) is 0 Å². The number of aryl methyl sites for hydroxylation is 1. The van der Waals surface area contributed by atoms with Crippen LogP contribution < -0.4 is 0 Å². The van der Waals surface area contributed by atoms with Crippen molar-refractivity contribution in [1.82, 2.24) is 0 Å². The zero-order valence-electron chi connectivity index (χ0n) is 9.38. The van der Waals surface area contributed by atoms with Crippen molar-refractivity contribution in [3.05, 3.63) is 57.8 Å².